The third-order valence-electron chi connectivity index (χ3n) is 3.81. The number of hydrogen-bond acceptors (Lipinski definition) is 5. The van der Waals surface area contributed by atoms with Crippen molar-refractivity contribution < 1.29 is 17.9 Å². The minimum atomic E-state index is -3.61. The molecule has 1 aliphatic heterocycles. The number of nitrogens with zero attached hydrogens (tertiary/aromatic N) is 1. The maximum atomic E-state index is 12.7. The normalized spacial score (nSPS) is 17.7. The van der Waals surface area contributed by atoms with Crippen LogP contribution in [-0.4, -0.2) is 44.9 Å². The third-order valence-corrected chi connectivity index (χ3v) is 5.85. The van der Waals surface area contributed by atoms with Gasteiger partial charge in [0.1, 0.15) is 0 Å². The molecule has 0 radical (unpaired) electrons. The predicted octanol–water partition coefficient (Wildman–Crippen LogP) is 0.893. The number of benzene rings is 1. The first-order valence-electron chi connectivity index (χ1n) is 6.81. The molecule has 6 nitrogen and oxygen atoms in total. The number of ether oxygens (including phenoxy) is 1. The van der Waals surface area contributed by atoms with Crippen LogP contribution in [0.2, 0.25) is 0 Å². The molecule has 0 unspecified atom stereocenters. The summed E-state index contributed by atoms with van der Waals surface area (Å²) in [4.78, 5) is 11.8. The Hall–Kier alpha value is -1.44. The summed E-state index contributed by atoms with van der Waals surface area (Å²) in [5.41, 5.74) is 6.49. The number of carbonyl (C=O) groups is 1. The maximum Gasteiger partial charge on any atom is 0.338 e. The number of rotatable bonds is 3. The van der Waals surface area contributed by atoms with Gasteiger partial charge in [0.2, 0.25) is 10.0 Å². The Balaban J connectivity index is 2.39. The van der Waals surface area contributed by atoms with Gasteiger partial charge in [-0.3, -0.25) is 0 Å². The molecule has 21 heavy (non-hydrogen) atoms. The summed E-state index contributed by atoms with van der Waals surface area (Å²) in [6.45, 7) is 2.44. The van der Waals surface area contributed by atoms with E-state index in [9.17, 15) is 13.2 Å². The highest BCUT2D eigenvalue weighted by Gasteiger charge is 2.30. The molecule has 2 rings (SSSR count). The second-order valence-electron chi connectivity index (χ2n) is 5.16. The van der Waals surface area contributed by atoms with Crippen LogP contribution in [0.5, 0.6) is 0 Å². The summed E-state index contributed by atoms with van der Waals surface area (Å²) in [7, 11) is -2.34. The van der Waals surface area contributed by atoms with E-state index in [1.54, 1.807) is 19.1 Å². The summed E-state index contributed by atoms with van der Waals surface area (Å²) >= 11 is 0. The van der Waals surface area contributed by atoms with Crippen molar-refractivity contribution in [2.24, 2.45) is 5.73 Å². The van der Waals surface area contributed by atoms with E-state index in [4.69, 9.17) is 5.73 Å². The zero-order valence-electron chi connectivity index (χ0n) is 12.2. The molecule has 0 aliphatic carbocycles. The largest absolute Gasteiger partial charge is 0.465 e. The number of sulfonamides is 1. The molecule has 1 aromatic carbocycles. The van der Waals surface area contributed by atoms with Gasteiger partial charge in [-0.2, -0.15) is 4.31 Å². The van der Waals surface area contributed by atoms with Crippen molar-refractivity contribution in [3.8, 4) is 0 Å². The Morgan fingerprint density at radius 3 is 2.52 bits per heavy atom. The van der Waals surface area contributed by atoms with Crippen molar-refractivity contribution in [1.29, 1.82) is 0 Å². The molecule has 1 aliphatic rings. The van der Waals surface area contributed by atoms with Crippen LogP contribution in [0.25, 0.3) is 0 Å². The molecule has 2 N–H and O–H groups in total. The highest BCUT2D eigenvalue weighted by Crippen LogP contribution is 2.25. The Labute approximate surface area is 124 Å². The lowest BCUT2D eigenvalue weighted by atomic mass is 10.1. The van der Waals surface area contributed by atoms with Crippen LogP contribution in [0, 0.1) is 6.92 Å². The Morgan fingerprint density at radius 2 is 1.95 bits per heavy atom. The quantitative estimate of drug-likeness (QED) is 0.837. The maximum absolute atomic E-state index is 12.7. The highest BCUT2D eigenvalue weighted by atomic mass is 32.2. The van der Waals surface area contributed by atoms with Crippen molar-refractivity contribution in [2.45, 2.75) is 30.7 Å². The lowest BCUT2D eigenvalue weighted by molar-refractivity contribution is 0.0599. The molecule has 0 aromatic heterocycles. The Kier molecular flexibility index (Phi) is 4.65. The number of esters is 1. The van der Waals surface area contributed by atoms with Gasteiger partial charge >= 0.3 is 5.97 Å². The fourth-order valence-corrected chi connectivity index (χ4v) is 4.20. The molecule has 0 bridgehead atoms. The van der Waals surface area contributed by atoms with Gasteiger partial charge in [-0.05, 0) is 37.5 Å². The average molecular weight is 312 g/mol. The van der Waals surface area contributed by atoms with Gasteiger partial charge in [-0.25, -0.2) is 13.2 Å². The summed E-state index contributed by atoms with van der Waals surface area (Å²) in [6.07, 6.45) is 1.30. The molecule has 1 aromatic rings. The minimum absolute atomic E-state index is 0.0546. The van der Waals surface area contributed by atoms with E-state index in [1.165, 1.54) is 17.5 Å². The van der Waals surface area contributed by atoms with Gasteiger partial charge in [0.25, 0.3) is 0 Å². The topological polar surface area (TPSA) is 89.7 Å². The number of carbonyl (C=O) groups excluding carboxylic acids is 1. The minimum Gasteiger partial charge on any atom is -0.465 e. The lowest BCUT2D eigenvalue weighted by Gasteiger charge is -2.29. The van der Waals surface area contributed by atoms with Gasteiger partial charge in [-0.15, -0.1) is 0 Å². The SMILES string of the molecule is COC(=O)c1cccc(S(=O)(=O)N2CCC(N)CC2)c1C. The molecule has 1 fully saturated rings. The molecular formula is C14H20N2O4S. The summed E-state index contributed by atoms with van der Waals surface area (Å²) in [6, 6.07) is 4.69. The van der Waals surface area contributed by atoms with Gasteiger partial charge in [0.05, 0.1) is 17.6 Å². The van der Waals surface area contributed by atoms with Crippen LogP contribution in [0.1, 0.15) is 28.8 Å². The summed E-state index contributed by atoms with van der Waals surface area (Å²) in [5, 5.41) is 0. The van der Waals surface area contributed by atoms with Crippen LogP contribution in [0.4, 0.5) is 0 Å². The zero-order valence-corrected chi connectivity index (χ0v) is 13.0. The first-order valence-corrected chi connectivity index (χ1v) is 8.25. The fraction of sp³-hybridized carbons (Fsp3) is 0.500. The van der Waals surface area contributed by atoms with Crippen LogP contribution >= 0.6 is 0 Å². The van der Waals surface area contributed by atoms with Crippen molar-refractivity contribution in [2.75, 3.05) is 20.2 Å². The Bertz CT molecular complexity index is 634. The summed E-state index contributed by atoms with van der Waals surface area (Å²) in [5.74, 6) is -0.537. The van der Waals surface area contributed by atoms with E-state index in [-0.39, 0.29) is 16.5 Å². The number of hydrogen-bond donors (Lipinski definition) is 1. The smallest absolute Gasteiger partial charge is 0.338 e. The molecule has 0 amide bonds. The van der Waals surface area contributed by atoms with E-state index in [1.807, 2.05) is 0 Å². The van der Waals surface area contributed by atoms with Crippen molar-refractivity contribution >= 4 is 16.0 Å². The van der Waals surface area contributed by atoms with Gasteiger partial charge in [0, 0.05) is 19.1 Å². The zero-order chi connectivity index (χ0) is 15.6. The van der Waals surface area contributed by atoms with Crippen LogP contribution < -0.4 is 5.73 Å². The molecule has 0 atom stereocenters. The van der Waals surface area contributed by atoms with E-state index < -0.39 is 16.0 Å². The predicted molar refractivity (Wildman–Crippen MR) is 78.5 cm³/mol. The van der Waals surface area contributed by atoms with Gasteiger partial charge in [0.15, 0.2) is 0 Å². The number of piperidine rings is 1. The molecule has 0 saturated carbocycles. The van der Waals surface area contributed by atoms with Crippen LogP contribution in [0.3, 0.4) is 0 Å². The second-order valence-corrected chi connectivity index (χ2v) is 7.07. The van der Waals surface area contributed by atoms with Crippen molar-refractivity contribution in [3.63, 3.8) is 0 Å². The fourth-order valence-electron chi connectivity index (χ4n) is 2.48. The molecule has 7 heteroatoms. The Morgan fingerprint density at radius 1 is 1.33 bits per heavy atom. The van der Waals surface area contributed by atoms with E-state index in [2.05, 4.69) is 4.74 Å². The van der Waals surface area contributed by atoms with Crippen LogP contribution in [-0.2, 0) is 14.8 Å². The first kappa shape index (κ1) is 15.9. The lowest BCUT2D eigenvalue weighted by Crippen LogP contribution is -2.43. The van der Waals surface area contributed by atoms with E-state index in [0.29, 0.717) is 31.5 Å². The number of nitrogens with two attached hydrogens (primary N) is 1. The van der Waals surface area contributed by atoms with Crippen molar-refractivity contribution in [3.05, 3.63) is 29.3 Å². The van der Waals surface area contributed by atoms with E-state index in [0.717, 1.165) is 0 Å². The highest BCUT2D eigenvalue weighted by molar-refractivity contribution is 7.89. The van der Waals surface area contributed by atoms with Crippen molar-refractivity contribution in [1.82, 2.24) is 4.31 Å². The molecule has 116 valence electrons. The molecule has 0 spiro atoms. The average Bonchev–Trinajstić information content (AvgIpc) is 2.47. The molecule has 1 saturated heterocycles. The third kappa shape index (κ3) is 3.09. The first-order chi connectivity index (χ1) is 9.87. The molecular weight excluding hydrogens is 292 g/mol. The summed E-state index contributed by atoms with van der Waals surface area (Å²) < 4.78 is 31.5. The molecule has 1 heterocycles. The number of methoxy groups -OCH3 is 1. The standard InChI is InChI=1S/C14H20N2O4S/c1-10-12(14(17)20-2)4-3-5-13(10)21(18,19)16-8-6-11(15)7-9-16/h3-5,11H,6-9,15H2,1-2H3. The van der Waals surface area contributed by atoms with Gasteiger partial charge < -0.3 is 10.5 Å². The second kappa shape index (κ2) is 6.13. The van der Waals surface area contributed by atoms with Crippen LogP contribution in [0.15, 0.2) is 23.1 Å². The van der Waals surface area contributed by atoms with E-state index >= 15 is 0 Å². The monoisotopic (exact) mass is 312 g/mol. The van der Waals surface area contributed by atoms with Gasteiger partial charge in [-0.1, -0.05) is 6.07 Å².